The van der Waals surface area contributed by atoms with Gasteiger partial charge < -0.3 is 5.32 Å². The van der Waals surface area contributed by atoms with Crippen molar-refractivity contribution in [1.29, 1.82) is 0 Å². The predicted octanol–water partition coefficient (Wildman–Crippen LogP) is 4.24. The van der Waals surface area contributed by atoms with E-state index >= 15 is 0 Å². The minimum Gasteiger partial charge on any atom is -0.368 e. The minimum absolute atomic E-state index is 0.707. The lowest BCUT2D eigenvalue weighted by atomic mass is 10.1. The molecule has 0 saturated carbocycles. The first-order valence-corrected chi connectivity index (χ1v) is 6.84. The summed E-state index contributed by atoms with van der Waals surface area (Å²) in [4.78, 5) is 9.25. The maximum absolute atomic E-state index is 6.05. The quantitative estimate of drug-likeness (QED) is 0.907. The highest BCUT2D eigenvalue weighted by Gasteiger charge is 2.11. The number of benzene rings is 1. The Labute approximate surface area is 119 Å². The van der Waals surface area contributed by atoms with Crippen molar-refractivity contribution in [2.24, 2.45) is 0 Å². The molecule has 2 rings (SSSR count). The number of hydrogen-bond acceptors (Lipinski definition) is 3. The molecule has 1 aromatic carbocycles. The lowest BCUT2D eigenvalue weighted by Crippen LogP contribution is -2.07. The van der Waals surface area contributed by atoms with Gasteiger partial charge in [0.25, 0.3) is 0 Å². The second-order valence-corrected chi connectivity index (χ2v) is 4.97. The molecule has 0 fully saturated rings. The monoisotopic (exact) mass is 275 g/mol. The molecule has 2 aromatic rings. The Morgan fingerprint density at radius 2 is 1.89 bits per heavy atom. The van der Waals surface area contributed by atoms with Gasteiger partial charge in [-0.2, -0.15) is 0 Å². The van der Waals surface area contributed by atoms with Gasteiger partial charge in [0.05, 0.1) is 11.4 Å². The van der Waals surface area contributed by atoms with E-state index in [-0.39, 0.29) is 0 Å². The third-order valence-corrected chi connectivity index (χ3v) is 3.18. The Morgan fingerprint density at radius 3 is 2.58 bits per heavy atom. The minimum atomic E-state index is 0.707. The van der Waals surface area contributed by atoms with Crippen molar-refractivity contribution in [3.63, 3.8) is 0 Å². The maximum atomic E-state index is 6.05. The van der Waals surface area contributed by atoms with E-state index in [9.17, 15) is 0 Å². The predicted molar refractivity (Wildman–Crippen MR) is 80.7 cm³/mol. The second kappa shape index (κ2) is 6.02. The van der Waals surface area contributed by atoms with Gasteiger partial charge >= 0.3 is 0 Å². The van der Waals surface area contributed by atoms with E-state index in [2.05, 4.69) is 22.2 Å². The van der Waals surface area contributed by atoms with Crippen LogP contribution in [0.5, 0.6) is 0 Å². The molecule has 100 valence electrons. The topological polar surface area (TPSA) is 37.8 Å². The van der Waals surface area contributed by atoms with E-state index < -0.39 is 0 Å². The van der Waals surface area contributed by atoms with Gasteiger partial charge in [-0.15, -0.1) is 0 Å². The van der Waals surface area contributed by atoms with Crippen LogP contribution in [0.3, 0.4) is 0 Å². The highest BCUT2D eigenvalue weighted by Crippen LogP contribution is 2.27. The molecule has 1 N–H and O–H groups in total. The van der Waals surface area contributed by atoms with Crippen molar-refractivity contribution in [1.82, 2.24) is 9.97 Å². The van der Waals surface area contributed by atoms with Gasteiger partial charge in [-0.1, -0.05) is 30.7 Å². The second-order valence-electron chi connectivity index (χ2n) is 4.53. The summed E-state index contributed by atoms with van der Waals surface area (Å²) in [6.45, 7) is 6.95. The number of nitrogens with one attached hydrogen (secondary N) is 1. The van der Waals surface area contributed by atoms with E-state index in [1.54, 1.807) is 0 Å². The number of anilines is 1. The van der Waals surface area contributed by atoms with E-state index in [1.165, 1.54) is 0 Å². The van der Waals surface area contributed by atoms with Crippen LogP contribution in [0.15, 0.2) is 24.3 Å². The Morgan fingerprint density at radius 1 is 1.16 bits per heavy atom. The Kier molecular flexibility index (Phi) is 4.38. The molecule has 0 aliphatic heterocycles. The molecule has 1 aromatic heterocycles. The SMILES string of the molecule is CCCNc1nc(C)c(C)nc1-c1cccc(Cl)c1. The zero-order valence-electron chi connectivity index (χ0n) is 11.5. The van der Waals surface area contributed by atoms with Crippen LogP contribution in [-0.4, -0.2) is 16.5 Å². The van der Waals surface area contributed by atoms with E-state index in [0.29, 0.717) is 5.02 Å². The molecule has 3 nitrogen and oxygen atoms in total. The summed E-state index contributed by atoms with van der Waals surface area (Å²) in [5, 5.41) is 4.04. The van der Waals surface area contributed by atoms with Gasteiger partial charge in [-0.25, -0.2) is 9.97 Å². The van der Waals surface area contributed by atoms with Gasteiger partial charge in [0, 0.05) is 17.1 Å². The molecule has 0 bridgehead atoms. The van der Waals surface area contributed by atoms with Crippen LogP contribution in [0.2, 0.25) is 5.02 Å². The number of halogens is 1. The van der Waals surface area contributed by atoms with Gasteiger partial charge in [-0.05, 0) is 32.4 Å². The third-order valence-electron chi connectivity index (χ3n) is 2.95. The zero-order chi connectivity index (χ0) is 13.8. The van der Waals surface area contributed by atoms with Crippen molar-refractivity contribution in [2.75, 3.05) is 11.9 Å². The molecule has 0 aliphatic rings. The molecular formula is C15H18ClN3. The fourth-order valence-corrected chi connectivity index (χ4v) is 2.00. The fourth-order valence-electron chi connectivity index (χ4n) is 1.81. The highest BCUT2D eigenvalue weighted by molar-refractivity contribution is 6.30. The molecule has 4 heteroatoms. The number of nitrogens with zero attached hydrogens (tertiary/aromatic N) is 2. The van der Waals surface area contributed by atoms with Gasteiger partial charge in [0.15, 0.2) is 5.82 Å². The van der Waals surface area contributed by atoms with E-state index in [0.717, 1.165) is 41.4 Å². The Bertz CT molecular complexity index is 582. The molecule has 0 aliphatic carbocycles. The molecule has 0 unspecified atom stereocenters. The van der Waals surface area contributed by atoms with Crippen molar-refractivity contribution in [3.05, 3.63) is 40.7 Å². The molecule has 0 spiro atoms. The number of aryl methyl sites for hydroxylation is 2. The smallest absolute Gasteiger partial charge is 0.152 e. The summed E-state index contributed by atoms with van der Waals surface area (Å²) in [6.07, 6.45) is 1.05. The van der Waals surface area contributed by atoms with Gasteiger partial charge in [0.1, 0.15) is 5.69 Å². The summed E-state index contributed by atoms with van der Waals surface area (Å²) in [5.41, 5.74) is 3.74. The molecule has 0 atom stereocenters. The van der Waals surface area contributed by atoms with Gasteiger partial charge in [0.2, 0.25) is 0 Å². The lowest BCUT2D eigenvalue weighted by molar-refractivity contribution is 0.953. The zero-order valence-corrected chi connectivity index (χ0v) is 12.3. The Hall–Kier alpha value is -1.61. The number of aromatic nitrogens is 2. The van der Waals surface area contributed by atoms with Crippen LogP contribution in [-0.2, 0) is 0 Å². The molecule has 0 amide bonds. The van der Waals surface area contributed by atoms with E-state index in [1.807, 2.05) is 38.1 Å². The standard InChI is InChI=1S/C15H18ClN3/c1-4-8-17-15-14(18-10(2)11(3)19-15)12-6-5-7-13(16)9-12/h5-7,9H,4,8H2,1-3H3,(H,17,19). The van der Waals surface area contributed by atoms with Crippen LogP contribution in [0.4, 0.5) is 5.82 Å². The highest BCUT2D eigenvalue weighted by atomic mass is 35.5. The van der Waals surface area contributed by atoms with Crippen LogP contribution >= 0.6 is 11.6 Å². The largest absolute Gasteiger partial charge is 0.368 e. The van der Waals surface area contributed by atoms with Gasteiger partial charge in [-0.3, -0.25) is 0 Å². The molecule has 1 heterocycles. The number of rotatable bonds is 4. The normalized spacial score (nSPS) is 10.5. The molecule has 19 heavy (non-hydrogen) atoms. The fraction of sp³-hybridized carbons (Fsp3) is 0.333. The first-order valence-electron chi connectivity index (χ1n) is 6.47. The van der Waals surface area contributed by atoms with Crippen LogP contribution < -0.4 is 5.32 Å². The maximum Gasteiger partial charge on any atom is 0.152 e. The summed E-state index contributed by atoms with van der Waals surface area (Å²) in [7, 11) is 0. The first kappa shape index (κ1) is 13.8. The first-order chi connectivity index (χ1) is 9.11. The average Bonchev–Trinajstić information content (AvgIpc) is 2.39. The molecule has 0 saturated heterocycles. The van der Waals surface area contributed by atoms with Crippen LogP contribution in [0.1, 0.15) is 24.7 Å². The van der Waals surface area contributed by atoms with E-state index in [4.69, 9.17) is 11.6 Å². The van der Waals surface area contributed by atoms with Crippen molar-refractivity contribution < 1.29 is 0 Å². The summed E-state index contributed by atoms with van der Waals surface area (Å²) < 4.78 is 0. The third kappa shape index (κ3) is 3.24. The van der Waals surface area contributed by atoms with Crippen molar-refractivity contribution >= 4 is 17.4 Å². The lowest BCUT2D eigenvalue weighted by Gasteiger charge is -2.12. The Balaban J connectivity index is 2.50. The molecule has 0 radical (unpaired) electrons. The number of hydrogen-bond donors (Lipinski definition) is 1. The van der Waals surface area contributed by atoms with Crippen molar-refractivity contribution in [3.8, 4) is 11.3 Å². The summed E-state index contributed by atoms with van der Waals surface area (Å²) >= 11 is 6.05. The summed E-state index contributed by atoms with van der Waals surface area (Å²) in [5.74, 6) is 0.826. The van der Waals surface area contributed by atoms with Crippen LogP contribution in [0.25, 0.3) is 11.3 Å². The van der Waals surface area contributed by atoms with Crippen LogP contribution in [0, 0.1) is 13.8 Å². The van der Waals surface area contributed by atoms with Crippen molar-refractivity contribution in [2.45, 2.75) is 27.2 Å². The summed E-state index contributed by atoms with van der Waals surface area (Å²) in [6, 6.07) is 7.70. The molecular weight excluding hydrogens is 258 g/mol. The average molecular weight is 276 g/mol.